The summed E-state index contributed by atoms with van der Waals surface area (Å²) in [5, 5.41) is 6.83. The highest BCUT2D eigenvalue weighted by molar-refractivity contribution is 5.76. The number of nitrogen functional groups attached to an aromatic ring is 1. The van der Waals surface area contributed by atoms with Crippen molar-refractivity contribution in [3.8, 4) is 11.1 Å². The van der Waals surface area contributed by atoms with Gasteiger partial charge in [-0.3, -0.25) is 5.10 Å². The Morgan fingerprint density at radius 2 is 1.78 bits per heavy atom. The van der Waals surface area contributed by atoms with Crippen LogP contribution in [0.1, 0.15) is 50.7 Å². The molecule has 0 bridgehead atoms. The number of nitrogens with zero attached hydrogens (tertiary/aromatic N) is 1. The number of anilines is 1. The predicted octanol–water partition coefficient (Wildman–Crippen LogP) is 3.91. The quantitative estimate of drug-likeness (QED) is 0.858. The fraction of sp³-hybridized carbons (Fsp3) is 0.400. The van der Waals surface area contributed by atoms with E-state index in [1.807, 2.05) is 0 Å². The van der Waals surface area contributed by atoms with E-state index in [0.29, 0.717) is 17.7 Å². The lowest BCUT2D eigenvalue weighted by Crippen LogP contribution is -1.97. The smallest absolute Gasteiger partial charge is 0.126 e. The monoisotopic (exact) mass is 243 g/mol. The number of nitrogens with two attached hydrogens (primary N) is 1. The van der Waals surface area contributed by atoms with Crippen LogP contribution in [0.3, 0.4) is 0 Å². The Balaban J connectivity index is 2.61. The van der Waals surface area contributed by atoms with Crippen LogP contribution in [0, 0.1) is 0 Å². The van der Waals surface area contributed by atoms with Crippen molar-refractivity contribution in [2.24, 2.45) is 0 Å². The molecule has 0 aliphatic heterocycles. The maximum Gasteiger partial charge on any atom is 0.126 e. The molecule has 1 aromatic heterocycles. The summed E-state index contributed by atoms with van der Waals surface area (Å²) < 4.78 is 0. The zero-order chi connectivity index (χ0) is 13.3. The van der Waals surface area contributed by atoms with E-state index in [2.05, 4.69) is 56.1 Å². The SMILES string of the molecule is CC(C)c1ccc(C(C)C)c(-c2cn[nH]c2N)c1. The van der Waals surface area contributed by atoms with Crippen LogP contribution in [-0.2, 0) is 0 Å². The molecule has 0 atom stereocenters. The number of nitrogens with one attached hydrogen (secondary N) is 1. The zero-order valence-corrected chi connectivity index (χ0v) is 11.5. The first-order valence-corrected chi connectivity index (χ1v) is 6.43. The molecular formula is C15H21N3. The number of aromatic nitrogens is 2. The fourth-order valence-corrected chi connectivity index (χ4v) is 2.18. The maximum absolute atomic E-state index is 5.95. The second-order valence-corrected chi connectivity index (χ2v) is 5.35. The Kier molecular flexibility index (Phi) is 3.41. The Morgan fingerprint density at radius 3 is 2.28 bits per heavy atom. The fourth-order valence-electron chi connectivity index (χ4n) is 2.18. The van der Waals surface area contributed by atoms with Crippen molar-refractivity contribution in [1.82, 2.24) is 10.2 Å². The lowest BCUT2D eigenvalue weighted by Gasteiger charge is -2.15. The third-order valence-electron chi connectivity index (χ3n) is 3.33. The molecule has 0 amide bonds. The van der Waals surface area contributed by atoms with Crippen molar-refractivity contribution in [3.05, 3.63) is 35.5 Å². The minimum atomic E-state index is 0.468. The van der Waals surface area contributed by atoms with E-state index in [-0.39, 0.29) is 0 Å². The zero-order valence-electron chi connectivity index (χ0n) is 11.5. The number of rotatable bonds is 3. The van der Waals surface area contributed by atoms with E-state index in [9.17, 15) is 0 Å². The summed E-state index contributed by atoms with van der Waals surface area (Å²) in [4.78, 5) is 0. The number of H-pyrrole nitrogens is 1. The van der Waals surface area contributed by atoms with Crippen molar-refractivity contribution in [1.29, 1.82) is 0 Å². The molecule has 18 heavy (non-hydrogen) atoms. The molecule has 1 heterocycles. The van der Waals surface area contributed by atoms with Gasteiger partial charge in [0.15, 0.2) is 0 Å². The van der Waals surface area contributed by atoms with Crippen molar-refractivity contribution in [2.75, 3.05) is 5.73 Å². The van der Waals surface area contributed by atoms with Crippen LogP contribution in [0.15, 0.2) is 24.4 Å². The molecule has 3 nitrogen and oxygen atoms in total. The van der Waals surface area contributed by atoms with Crippen LogP contribution in [0.2, 0.25) is 0 Å². The van der Waals surface area contributed by atoms with Crippen LogP contribution >= 0.6 is 0 Å². The summed E-state index contributed by atoms with van der Waals surface area (Å²) in [6.07, 6.45) is 1.81. The number of aromatic amines is 1. The van der Waals surface area contributed by atoms with Gasteiger partial charge in [-0.15, -0.1) is 0 Å². The Labute approximate surface area is 108 Å². The van der Waals surface area contributed by atoms with E-state index in [4.69, 9.17) is 5.73 Å². The first-order chi connectivity index (χ1) is 8.50. The van der Waals surface area contributed by atoms with Gasteiger partial charge in [0.05, 0.1) is 6.20 Å². The molecule has 2 rings (SSSR count). The molecule has 0 unspecified atom stereocenters. The lowest BCUT2D eigenvalue weighted by atomic mass is 9.89. The molecule has 3 heteroatoms. The molecule has 0 saturated heterocycles. The van der Waals surface area contributed by atoms with Gasteiger partial charge in [-0.1, -0.05) is 45.9 Å². The summed E-state index contributed by atoms with van der Waals surface area (Å²) in [5.74, 6) is 1.62. The third kappa shape index (κ3) is 2.26. The molecule has 2 aromatic rings. The van der Waals surface area contributed by atoms with E-state index in [0.717, 1.165) is 5.56 Å². The molecule has 3 N–H and O–H groups in total. The van der Waals surface area contributed by atoms with Gasteiger partial charge in [-0.2, -0.15) is 5.10 Å². The highest BCUT2D eigenvalue weighted by Crippen LogP contribution is 2.34. The van der Waals surface area contributed by atoms with Gasteiger partial charge in [0, 0.05) is 5.56 Å². The van der Waals surface area contributed by atoms with Crippen LogP contribution in [0.4, 0.5) is 5.82 Å². The van der Waals surface area contributed by atoms with Gasteiger partial charge in [-0.25, -0.2) is 0 Å². The molecule has 0 aliphatic rings. The van der Waals surface area contributed by atoms with Crippen molar-refractivity contribution < 1.29 is 0 Å². The third-order valence-corrected chi connectivity index (χ3v) is 3.33. The van der Waals surface area contributed by atoms with E-state index in [1.54, 1.807) is 6.20 Å². The highest BCUT2D eigenvalue weighted by Gasteiger charge is 2.14. The van der Waals surface area contributed by atoms with Crippen LogP contribution < -0.4 is 5.73 Å². The predicted molar refractivity (Wildman–Crippen MR) is 76.6 cm³/mol. The van der Waals surface area contributed by atoms with Gasteiger partial charge in [0.25, 0.3) is 0 Å². The van der Waals surface area contributed by atoms with Gasteiger partial charge in [-0.05, 0) is 28.5 Å². The molecule has 96 valence electrons. The van der Waals surface area contributed by atoms with E-state index >= 15 is 0 Å². The molecule has 0 saturated carbocycles. The van der Waals surface area contributed by atoms with Gasteiger partial charge < -0.3 is 5.73 Å². The second kappa shape index (κ2) is 4.84. The van der Waals surface area contributed by atoms with Crippen LogP contribution in [0.25, 0.3) is 11.1 Å². The van der Waals surface area contributed by atoms with Gasteiger partial charge in [0.1, 0.15) is 5.82 Å². The highest BCUT2D eigenvalue weighted by atomic mass is 15.1. The van der Waals surface area contributed by atoms with Crippen LogP contribution in [0.5, 0.6) is 0 Å². The molecule has 0 spiro atoms. The Hall–Kier alpha value is -1.77. The summed E-state index contributed by atoms with van der Waals surface area (Å²) in [5.41, 5.74) is 10.8. The van der Waals surface area contributed by atoms with Crippen LogP contribution in [-0.4, -0.2) is 10.2 Å². The average Bonchev–Trinajstić information content (AvgIpc) is 2.74. The first kappa shape index (κ1) is 12.7. The van der Waals surface area contributed by atoms with E-state index in [1.165, 1.54) is 16.7 Å². The first-order valence-electron chi connectivity index (χ1n) is 6.43. The Morgan fingerprint density at radius 1 is 1.06 bits per heavy atom. The van der Waals surface area contributed by atoms with Crippen molar-refractivity contribution in [3.63, 3.8) is 0 Å². The second-order valence-electron chi connectivity index (χ2n) is 5.35. The van der Waals surface area contributed by atoms with Crippen molar-refractivity contribution in [2.45, 2.75) is 39.5 Å². The largest absolute Gasteiger partial charge is 0.384 e. The molecule has 0 radical (unpaired) electrons. The topological polar surface area (TPSA) is 54.7 Å². The molecular weight excluding hydrogens is 222 g/mol. The van der Waals surface area contributed by atoms with Gasteiger partial charge >= 0.3 is 0 Å². The minimum Gasteiger partial charge on any atom is -0.384 e. The lowest BCUT2D eigenvalue weighted by molar-refractivity contribution is 0.847. The standard InChI is InChI=1S/C15H21N3/c1-9(2)11-5-6-12(10(3)4)13(7-11)14-8-17-18-15(14)16/h5-10H,1-4H3,(H3,16,17,18). The number of benzene rings is 1. The summed E-state index contributed by atoms with van der Waals surface area (Å²) in [6.45, 7) is 8.80. The number of hydrogen-bond acceptors (Lipinski definition) is 2. The van der Waals surface area contributed by atoms with Gasteiger partial charge in [0.2, 0.25) is 0 Å². The summed E-state index contributed by atoms with van der Waals surface area (Å²) >= 11 is 0. The van der Waals surface area contributed by atoms with E-state index < -0.39 is 0 Å². The Bertz CT molecular complexity index is 538. The summed E-state index contributed by atoms with van der Waals surface area (Å²) in [6, 6.07) is 6.66. The summed E-state index contributed by atoms with van der Waals surface area (Å²) in [7, 11) is 0. The minimum absolute atomic E-state index is 0.468. The molecule has 0 aliphatic carbocycles. The molecule has 1 aromatic carbocycles. The normalized spacial score (nSPS) is 11.4. The average molecular weight is 243 g/mol. The van der Waals surface area contributed by atoms with Crippen molar-refractivity contribution >= 4 is 5.82 Å². The number of hydrogen-bond donors (Lipinski definition) is 2. The molecule has 0 fully saturated rings. The maximum atomic E-state index is 5.95.